The average Bonchev–Trinajstić information content (AvgIpc) is 2.80. The Hall–Kier alpha value is -1.35. The minimum absolute atomic E-state index is 0.102. The molecule has 0 bridgehead atoms. The van der Waals surface area contributed by atoms with Crippen molar-refractivity contribution in [3.63, 3.8) is 0 Å². The Morgan fingerprint density at radius 3 is 2.65 bits per heavy atom. The van der Waals surface area contributed by atoms with Gasteiger partial charge in [0.05, 0.1) is 5.54 Å². The zero-order chi connectivity index (χ0) is 14.8. The van der Waals surface area contributed by atoms with Gasteiger partial charge in [-0.05, 0) is 32.3 Å². The van der Waals surface area contributed by atoms with Gasteiger partial charge in [-0.15, -0.1) is 0 Å². The normalized spacial score (nSPS) is 25.5. The molecule has 3 heteroatoms. The summed E-state index contributed by atoms with van der Waals surface area (Å²) < 4.78 is 0. The number of hydrogen-bond donors (Lipinski definition) is 1. The second-order valence-corrected chi connectivity index (χ2v) is 6.21. The second-order valence-electron chi connectivity index (χ2n) is 6.21. The zero-order valence-electron chi connectivity index (χ0n) is 12.8. The first-order chi connectivity index (χ1) is 9.47. The quantitative estimate of drug-likeness (QED) is 0.917. The van der Waals surface area contributed by atoms with Crippen LogP contribution in [0.4, 0.5) is 0 Å². The molecule has 110 valence electrons. The topological polar surface area (TPSA) is 46.3 Å². The van der Waals surface area contributed by atoms with Gasteiger partial charge in [0.2, 0.25) is 5.91 Å². The molecule has 1 aromatic carbocycles. The molecule has 20 heavy (non-hydrogen) atoms. The number of nitrogens with two attached hydrogens (primary N) is 1. The lowest BCUT2D eigenvalue weighted by atomic mass is 9.91. The van der Waals surface area contributed by atoms with E-state index >= 15 is 0 Å². The van der Waals surface area contributed by atoms with Crippen LogP contribution >= 0.6 is 0 Å². The number of carbonyl (C=O) groups excluding carboxylic acids is 1. The molecule has 1 amide bonds. The summed E-state index contributed by atoms with van der Waals surface area (Å²) in [7, 11) is 0. The second kappa shape index (κ2) is 5.96. The molecule has 2 N–H and O–H groups in total. The van der Waals surface area contributed by atoms with Crippen molar-refractivity contribution in [2.45, 2.75) is 57.5 Å². The van der Waals surface area contributed by atoms with Gasteiger partial charge in [-0.1, -0.05) is 43.7 Å². The van der Waals surface area contributed by atoms with E-state index in [0.29, 0.717) is 5.92 Å². The molecule has 0 spiro atoms. The molecular formula is C17H26N2O. The summed E-state index contributed by atoms with van der Waals surface area (Å²) in [5, 5.41) is 0. The van der Waals surface area contributed by atoms with Crippen LogP contribution in [0.2, 0.25) is 0 Å². The fraction of sp³-hybridized carbons (Fsp3) is 0.588. The summed E-state index contributed by atoms with van der Waals surface area (Å²) in [4.78, 5) is 14.6. The molecule has 0 aromatic heterocycles. The van der Waals surface area contributed by atoms with Crippen LogP contribution in [0.3, 0.4) is 0 Å². The average molecular weight is 274 g/mol. The maximum atomic E-state index is 12.6. The van der Waals surface area contributed by atoms with E-state index in [2.05, 4.69) is 38.1 Å². The van der Waals surface area contributed by atoms with E-state index in [1.165, 1.54) is 5.56 Å². The molecule has 1 aliphatic rings. The first-order valence-corrected chi connectivity index (χ1v) is 7.62. The fourth-order valence-corrected chi connectivity index (χ4v) is 3.33. The molecule has 3 atom stereocenters. The van der Waals surface area contributed by atoms with Gasteiger partial charge >= 0.3 is 0 Å². The van der Waals surface area contributed by atoms with Crippen molar-refractivity contribution in [3.05, 3.63) is 35.9 Å². The molecule has 1 aliphatic heterocycles. The van der Waals surface area contributed by atoms with Gasteiger partial charge in [-0.3, -0.25) is 4.79 Å². The SMILES string of the molecule is CCCC(C)(N)C(=O)N1CCC(c2ccccc2)C1C. The van der Waals surface area contributed by atoms with E-state index in [1.807, 2.05) is 17.9 Å². The Balaban J connectivity index is 2.12. The smallest absolute Gasteiger partial charge is 0.242 e. The van der Waals surface area contributed by atoms with Gasteiger partial charge in [0.25, 0.3) is 0 Å². The number of carbonyl (C=O) groups is 1. The molecule has 2 rings (SSSR count). The standard InChI is InChI=1S/C17H26N2O/c1-4-11-17(3,18)16(20)19-12-10-15(13(19)2)14-8-6-5-7-9-14/h5-9,13,15H,4,10-12,18H2,1-3H3. The van der Waals surface area contributed by atoms with Crippen LogP contribution in [-0.4, -0.2) is 28.9 Å². The van der Waals surface area contributed by atoms with Crippen LogP contribution in [0, 0.1) is 0 Å². The monoisotopic (exact) mass is 274 g/mol. The predicted octanol–water partition coefficient (Wildman–Crippen LogP) is 2.91. The third-order valence-electron chi connectivity index (χ3n) is 4.50. The van der Waals surface area contributed by atoms with E-state index in [0.717, 1.165) is 25.8 Å². The van der Waals surface area contributed by atoms with Gasteiger partial charge in [0, 0.05) is 18.5 Å². The first kappa shape index (κ1) is 15.0. The van der Waals surface area contributed by atoms with Crippen molar-refractivity contribution in [3.8, 4) is 0 Å². The molecule has 0 saturated carbocycles. The largest absolute Gasteiger partial charge is 0.338 e. The summed E-state index contributed by atoms with van der Waals surface area (Å²) in [5.41, 5.74) is 6.80. The minimum atomic E-state index is -0.728. The highest BCUT2D eigenvalue weighted by Gasteiger charge is 2.40. The molecule has 1 aromatic rings. The van der Waals surface area contributed by atoms with Gasteiger partial charge in [0.15, 0.2) is 0 Å². The molecule has 1 heterocycles. The fourth-order valence-electron chi connectivity index (χ4n) is 3.33. The van der Waals surface area contributed by atoms with Crippen LogP contribution in [0.1, 0.15) is 51.5 Å². The maximum Gasteiger partial charge on any atom is 0.242 e. The Labute approximate surface area is 122 Å². The van der Waals surface area contributed by atoms with E-state index < -0.39 is 5.54 Å². The Kier molecular flexibility index (Phi) is 4.48. The number of likely N-dealkylation sites (tertiary alicyclic amines) is 1. The lowest BCUT2D eigenvalue weighted by Gasteiger charge is -2.32. The molecule has 1 fully saturated rings. The van der Waals surface area contributed by atoms with E-state index in [-0.39, 0.29) is 11.9 Å². The third kappa shape index (κ3) is 2.88. The van der Waals surface area contributed by atoms with E-state index in [1.54, 1.807) is 0 Å². The Morgan fingerprint density at radius 2 is 2.05 bits per heavy atom. The number of rotatable bonds is 4. The van der Waals surface area contributed by atoms with Crippen molar-refractivity contribution in [2.75, 3.05) is 6.54 Å². The molecule has 3 unspecified atom stereocenters. The Morgan fingerprint density at radius 1 is 1.40 bits per heavy atom. The molecular weight excluding hydrogens is 248 g/mol. The van der Waals surface area contributed by atoms with E-state index in [9.17, 15) is 4.79 Å². The van der Waals surface area contributed by atoms with Crippen LogP contribution in [0.15, 0.2) is 30.3 Å². The van der Waals surface area contributed by atoms with Crippen LogP contribution in [-0.2, 0) is 4.79 Å². The highest BCUT2D eigenvalue weighted by atomic mass is 16.2. The van der Waals surface area contributed by atoms with Crippen LogP contribution in [0.25, 0.3) is 0 Å². The summed E-state index contributed by atoms with van der Waals surface area (Å²) in [6, 6.07) is 10.7. The molecule has 3 nitrogen and oxygen atoms in total. The van der Waals surface area contributed by atoms with Gasteiger partial charge < -0.3 is 10.6 Å². The lowest BCUT2D eigenvalue weighted by Crippen LogP contribution is -2.54. The summed E-state index contributed by atoms with van der Waals surface area (Å²) in [6.45, 7) is 6.89. The molecule has 1 saturated heterocycles. The zero-order valence-corrected chi connectivity index (χ0v) is 12.8. The van der Waals surface area contributed by atoms with Crippen molar-refractivity contribution in [1.82, 2.24) is 4.90 Å². The number of amides is 1. The highest BCUT2D eigenvalue weighted by molar-refractivity contribution is 5.86. The summed E-state index contributed by atoms with van der Waals surface area (Å²) in [6.07, 6.45) is 2.70. The third-order valence-corrected chi connectivity index (χ3v) is 4.50. The van der Waals surface area contributed by atoms with Gasteiger partial charge in [-0.25, -0.2) is 0 Å². The maximum absolute atomic E-state index is 12.6. The van der Waals surface area contributed by atoms with Gasteiger partial charge in [0.1, 0.15) is 0 Å². The van der Waals surface area contributed by atoms with Crippen LogP contribution < -0.4 is 5.73 Å². The summed E-state index contributed by atoms with van der Waals surface area (Å²) in [5.74, 6) is 0.530. The number of hydrogen-bond acceptors (Lipinski definition) is 2. The Bertz CT molecular complexity index is 455. The lowest BCUT2D eigenvalue weighted by molar-refractivity contribution is -0.137. The summed E-state index contributed by atoms with van der Waals surface area (Å²) >= 11 is 0. The van der Waals surface area contributed by atoms with Crippen LogP contribution in [0.5, 0.6) is 0 Å². The van der Waals surface area contributed by atoms with Gasteiger partial charge in [-0.2, -0.15) is 0 Å². The first-order valence-electron chi connectivity index (χ1n) is 7.62. The van der Waals surface area contributed by atoms with Crippen molar-refractivity contribution in [2.24, 2.45) is 5.73 Å². The number of nitrogens with zero attached hydrogens (tertiary/aromatic N) is 1. The molecule has 0 aliphatic carbocycles. The number of benzene rings is 1. The van der Waals surface area contributed by atoms with Crippen molar-refractivity contribution in [1.29, 1.82) is 0 Å². The highest BCUT2D eigenvalue weighted by Crippen LogP contribution is 2.34. The minimum Gasteiger partial charge on any atom is -0.338 e. The van der Waals surface area contributed by atoms with E-state index in [4.69, 9.17) is 5.73 Å². The molecule has 0 radical (unpaired) electrons. The van der Waals surface area contributed by atoms with Crippen molar-refractivity contribution < 1.29 is 4.79 Å². The van der Waals surface area contributed by atoms with Crippen molar-refractivity contribution >= 4 is 5.91 Å². The predicted molar refractivity (Wildman–Crippen MR) is 82.5 cm³/mol.